The molecule has 1 atom stereocenters. The predicted octanol–water partition coefficient (Wildman–Crippen LogP) is 0.193. The van der Waals surface area contributed by atoms with Crippen molar-refractivity contribution in [3.63, 3.8) is 0 Å². The number of aromatic nitrogens is 4. The van der Waals surface area contributed by atoms with Gasteiger partial charge in [-0.25, -0.2) is 4.98 Å². The number of aliphatic hydroxyl groups excluding tert-OH is 1. The lowest BCUT2D eigenvalue weighted by Crippen LogP contribution is -2.07. The van der Waals surface area contributed by atoms with Crippen molar-refractivity contribution in [3.8, 4) is 0 Å². The predicted molar refractivity (Wildman–Crippen MR) is 46.3 cm³/mol. The first kappa shape index (κ1) is 8.89. The van der Waals surface area contributed by atoms with E-state index >= 15 is 0 Å². The highest BCUT2D eigenvalue weighted by Gasteiger charge is 2.18. The van der Waals surface area contributed by atoms with E-state index in [1.54, 1.807) is 18.5 Å². The van der Waals surface area contributed by atoms with Crippen LogP contribution in [0.15, 0.2) is 17.0 Å². The molecule has 0 saturated heterocycles. The van der Waals surface area contributed by atoms with Gasteiger partial charge in [-0.1, -0.05) is 0 Å². The standard InChI is InChI=1S/C8H10N4O2/c1-5-10-6(3-14-5)7(13)8-11-9-4-12(8)2/h3-4,7,13H,1-2H3. The summed E-state index contributed by atoms with van der Waals surface area (Å²) in [6.45, 7) is 1.72. The van der Waals surface area contributed by atoms with E-state index in [9.17, 15) is 5.11 Å². The third-order valence-electron chi connectivity index (χ3n) is 1.91. The van der Waals surface area contributed by atoms with E-state index < -0.39 is 6.10 Å². The molecule has 0 radical (unpaired) electrons. The van der Waals surface area contributed by atoms with Crippen molar-refractivity contribution < 1.29 is 9.52 Å². The summed E-state index contributed by atoms with van der Waals surface area (Å²) < 4.78 is 6.63. The SMILES string of the molecule is Cc1nc(C(O)c2nncn2C)co1. The molecule has 6 nitrogen and oxygen atoms in total. The van der Waals surface area contributed by atoms with E-state index in [0.717, 1.165) is 0 Å². The fourth-order valence-electron chi connectivity index (χ4n) is 1.18. The summed E-state index contributed by atoms with van der Waals surface area (Å²) in [5.41, 5.74) is 0.443. The molecule has 6 heteroatoms. The Morgan fingerprint density at radius 1 is 1.57 bits per heavy atom. The van der Waals surface area contributed by atoms with Gasteiger partial charge in [-0.15, -0.1) is 10.2 Å². The van der Waals surface area contributed by atoms with Crippen LogP contribution in [0.25, 0.3) is 0 Å². The fourth-order valence-corrected chi connectivity index (χ4v) is 1.18. The van der Waals surface area contributed by atoms with Crippen LogP contribution in [0.3, 0.4) is 0 Å². The van der Waals surface area contributed by atoms with Gasteiger partial charge in [-0.3, -0.25) is 0 Å². The third kappa shape index (κ3) is 1.39. The lowest BCUT2D eigenvalue weighted by atomic mass is 10.2. The van der Waals surface area contributed by atoms with Gasteiger partial charge >= 0.3 is 0 Å². The smallest absolute Gasteiger partial charge is 0.191 e. The zero-order valence-electron chi connectivity index (χ0n) is 7.88. The summed E-state index contributed by atoms with van der Waals surface area (Å²) in [6, 6.07) is 0. The molecule has 74 valence electrons. The first-order valence-electron chi connectivity index (χ1n) is 4.12. The fraction of sp³-hybridized carbons (Fsp3) is 0.375. The quantitative estimate of drug-likeness (QED) is 0.738. The Morgan fingerprint density at radius 3 is 2.86 bits per heavy atom. The molecule has 1 N–H and O–H groups in total. The molecule has 0 bridgehead atoms. The van der Waals surface area contributed by atoms with Crippen LogP contribution < -0.4 is 0 Å². The summed E-state index contributed by atoms with van der Waals surface area (Å²) in [5.74, 6) is 0.958. The largest absolute Gasteiger partial charge is 0.449 e. The molecule has 0 spiro atoms. The Bertz CT molecular complexity index is 434. The van der Waals surface area contributed by atoms with Crippen molar-refractivity contribution in [2.45, 2.75) is 13.0 Å². The number of nitrogens with zero attached hydrogens (tertiary/aromatic N) is 4. The summed E-state index contributed by atoms with van der Waals surface area (Å²) in [6.07, 6.45) is 2.04. The molecule has 14 heavy (non-hydrogen) atoms. The molecule has 0 aliphatic carbocycles. The molecule has 0 saturated carbocycles. The molecular weight excluding hydrogens is 184 g/mol. The summed E-state index contributed by atoms with van der Waals surface area (Å²) in [4.78, 5) is 4.01. The molecule has 2 rings (SSSR count). The normalized spacial score (nSPS) is 13.1. The van der Waals surface area contributed by atoms with Crippen molar-refractivity contribution in [1.82, 2.24) is 19.7 Å². The highest BCUT2D eigenvalue weighted by atomic mass is 16.3. The van der Waals surface area contributed by atoms with Crippen LogP contribution in [0.2, 0.25) is 0 Å². The van der Waals surface area contributed by atoms with Crippen LogP contribution in [0.1, 0.15) is 23.5 Å². The Labute approximate surface area is 80.2 Å². The molecule has 2 heterocycles. The van der Waals surface area contributed by atoms with Crippen LogP contribution in [-0.4, -0.2) is 24.9 Å². The van der Waals surface area contributed by atoms with E-state index in [4.69, 9.17) is 4.42 Å². The number of rotatable bonds is 2. The number of hydrogen-bond donors (Lipinski definition) is 1. The Balaban J connectivity index is 2.33. The second-order valence-corrected chi connectivity index (χ2v) is 2.99. The van der Waals surface area contributed by atoms with Crippen molar-refractivity contribution in [3.05, 3.63) is 30.0 Å². The van der Waals surface area contributed by atoms with E-state index in [-0.39, 0.29) is 0 Å². The first-order valence-corrected chi connectivity index (χ1v) is 4.12. The minimum absolute atomic E-state index is 0.443. The second-order valence-electron chi connectivity index (χ2n) is 2.99. The molecular formula is C8H10N4O2. The summed E-state index contributed by atoms with van der Waals surface area (Å²) >= 11 is 0. The van der Waals surface area contributed by atoms with Gasteiger partial charge in [0.25, 0.3) is 0 Å². The Hall–Kier alpha value is -1.69. The van der Waals surface area contributed by atoms with Crippen LogP contribution in [0.5, 0.6) is 0 Å². The molecule has 0 aromatic carbocycles. The van der Waals surface area contributed by atoms with Crippen molar-refractivity contribution in [2.75, 3.05) is 0 Å². The van der Waals surface area contributed by atoms with Crippen LogP contribution in [0.4, 0.5) is 0 Å². The van der Waals surface area contributed by atoms with E-state index in [2.05, 4.69) is 15.2 Å². The van der Waals surface area contributed by atoms with Gasteiger partial charge in [-0.05, 0) is 0 Å². The minimum Gasteiger partial charge on any atom is -0.449 e. The minimum atomic E-state index is -0.889. The maximum atomic E-state index is 9.83. The summed E-state index contributed by atoms with van der Waals surface area (Å²) in [7, 11) is 1.76. The maximum Gasteiger partial charge on any atom is 0.191 e. The van der Waals surface area contributed by atoms with Gasteiger partial charge in [0.1, 0.15) is 18.3 Å². The second kappa shape index (κ2) is 3.22. The average Bonchev–Trinajstić information content (AvgIpc) is 2.73. The van der Waals surface area contributed by atoms with Crippen LogP contribution in [0, 0.1) is 6.92 Å². The van der Waals surface area contributed by atoms with Crippen molar-refractivity contribution >= 4 is 0 Å². The van der Waals surface area contributed by atoms with Crippen LogP contribution >= 0.6 is 0 Å². The van der Waals surface area contributed by atoms with Gasteiger partial charge in [0.2, 0.25) is 0 Å². The third-order valence-corrected chi connectivity index (χ3v) is 1.91. The van der Waals surface area contributed by atoms with Gasteiger partial charge in [0.15, 0.2) is 17.8 Å². The highest BCUT2D eigenvalue weighted by Crippen LogP contribution is 2.18. The lowest BCUT2D eigenvalue weighted by molar-refractivity contribution is 0.200. The van der Waals surface area contributed by atoms with E-state index in [0.29, 0.717) is 17.4 Å². The van der Waals surface area contributed by atoms with E-state index in [1.165, 1.54) is 12.6 Å². The zero-order chi connectivity index (χ0) is 10.1. The van der Waals surface area contributed by atoms with Crippen molar-refractivity contribution in [2.24, 2.45) is 7.05 Å². The monoisotopic (exact) mass is 194 g/mol. The summed E-state index contributed by atoms with van der Waals surface area (Å²) in [5, 5.41) is 17.3. The van der Waals surface area contributed by atoms with Crippen molar-refractivity contribution in [1.29, 1.82) is 0 Å². The maximum absolute atomic E-state index is 9.83. The molecule has 2 aromatic heterocycles. The number of aliphatic hydroxyl groups is 1. The number of aryl methyl sites for hydroxylation is 2. The molecule has 0 amide bonds. The Kier molecular flexibility index (Phi) is 2.05. The van der Waals surface area contributed by atoms with Gasteiger partial charge < -0.3 is 14.1 Å². The highest BCUT2D eigenvalue weighted by molar-refractivity contribution is 5.10. The molecule has 0 aliphatic rings. The van der Waals surface area contributed by atoms with Gasteiger partial charge in [0.05, 0.1) is 0 Å². The van der Waals surface area contributed by atoms with E-state index in [1.807, 2.05) is 0 Å². The number of oxazole rings is 1. The van der Waals surface area contributed by atoms with Crippen LogP contribution in [-0.2, 0) is 7.05 Å². The zero-order valence-corrected chi connectivity index (χ0v) is 7.88. The molecule has 2 aromatic rings. The van der Waals surface area contributed by atoms with Gasteiger partial charge in [-0.2, -0.15) is 0 Å². The molecule has 0 aliphatic heterocycles. The topological polar surface area (TPSA) is 77.0 Å². The number of hydrogen-bond acceptors (Lipinski definition) is 5. The van der Waals surface area contributed by atoms with Gasteiger partial charge in [0, 0.05) is 14.0 Å². The molecule has 1 unspecified atom stereocenters. The molecule has 0 fully saturated rings. The lowest BCUT2D eigenvalue weighted by Gasteiger charge is -2.04. The average molecular weight is 194 g/mol. The Morgan fingerprint density at radius 2 is 2.36 bits per heavy atom. The first-order chi connectivity index (χ1) is 6.68.